The molecule has 0 bridgehead atoms. The molecule has 1 saturated carbocycles. The van der Waals surface area contributed by atoms with Crippen LogP contribution < -0.4 is 5.32 Å². The van der Waals surface area contributed by atoms with E-state index in [1.807, 2.05) is 12.3 Å². The van der Waals surface area contributed by atoms with Crippen molar-refractivity contribution >= 4 is 16.9 Å². The Bertz CT molecular complexity index is 510. The highest BCUT2D eigenvalue weighted by Crippen LogP contribution is 2.24. The fourth-order valence-electron chi connectivity index (χ4n) is 2.44. The number of H-pyrrole nitrogens is 1. The lowest BCUT2D eigenvalue weighted by Gasteiger charge is -2.28. The Balaban J connectivity index is 1.86. The van der Waals surface area contributed by atoms with Gasteiger partial charge in [0.2, 0.25) is 0 Å². The van der Waals surface area contributed by atoms with Crippen LogP contribution in [0.5, 0.6) is 0 Å². The number of nitrogens with one attached hydrogen (secondary N) is 2. The van der Waals surface area contributed by atoms with Gasteiger partial charge in [-0.1, -0.05) is 12.8 Å². The molecular formula is C12H16N4O. The van der Waals surface area contributed by atoms with Crippen molar-refractivity contribution in [2.45, 2.75) is 37.8 Å². The molecule has 2 heterocycles. The molecule has 2 atom stereocenters. The van der Waals surface area contributed by atoms with Crippen LogP contribution in [0.25, 0.3) is 11.0 Å². The van der Waals surface area contributed by atoms with Gasteiger partial charge in [0.15, 0.2) is 0 Å². The summed E-state index contributed by atoms with van der Waals surface area (Å²) in [5.41, 5.74) is 0.827. The maximum Gasteiger partial charge on any atom is 0.142 e. The number of anilines is 1. The number of nitrogens with zero attached hydrogens (tertiary/aromatic N) is 2. The van der Waals surface area contributed by atoms with E-state index in [1.54, 1.807) is 0 Å². The minimum Gasteiger partial charge on any atom is -0.391 e. The summed E-state index contributed by atoms with van der Waals surface area (Å²) < 4.78 is 0. The summed E-state index contributed by atoms with van der Waals surface area (Å²) in [5.74, 6) is 0.808. The van der Waals surface area contributed by atoms with Gasteiger partial charge in [0, 0.05) is 6.20 Å². The molecule has 0 radical (unpaired) electrons. The lowest BCUT2D eigenvalue weighted by atomic mass is 9.92. The zero-order valence-electron chi connectivity index (χ0n) is 9.56. The highest BCUT2D eigenvalue weighted by molar-refractivity contribution is 5.86. The fourth-order valence-corrected chi connectivity index (χ4v) is 2.44. The number of hydrogen-bond donors (Lipinski definition) is 3. The van der Waals surface area contributed by atoms with Gasteiger partial charge in [-0.05, 0) is 18.9 Å². The minimum atomic E-state index is -0.271. The first-order chi connectivity index (χ1) is 8.34. The third kappa shape index (κ3) is 1.98. The first kappa shape index (κ1) is 10.5. The molecule has 1 aliphatic rings. The summed E-state index contributed by atoms with van der Waals surface area (Å²) in [6.45, 7) is 0. The van der Waals surface area contributed by atoms with Crippen LogP contribution in [-0.2, 0) is 0 Å². The average molecular weight is 232 g/mol. The van der Waals surface area contributed by atoms with Crippen molar-refractivity contribution in [1.82, 2.24) is 15.0 Å². The normalized spacial score (nSPS) is 25.0. The quantitative estimate of drug-likeness (QED) is 0.736. The maximum absolute atomic E-state index is 9.94. The van der Waals surface area contributed by atoms with Crippen LogP contribution in [0.3, 0.4) is 0 Å². The molecule has 1 fully saturated rings. The van der Waals surface area contributed by atoms with Gasteiger partial charge in [0.1, 0.15) is 17.8 Å². The molecule has 0 aromatic carbocycles. The van der Waals surface area contributed by atoms with E-state index in [2.05, 4.69) is 20.3 Å². The first-order valence-corrected chi connectivity index (χ1v) is 6.07. The molecule has 5 nitrogen and oxygen atoms in total. The van der Waals surface area contributed by atoms with Crippen LogP contribution in [-0.4, -0.2) is 32.2 Å². The van der Waals surface area contributed by atoms with Gasteiger partial charge in [0.05, 0.1) is 17.5 Å². The van der Waals surface area contributed by atoms with E-state index < -0.39 is 0 Å². The summed E-state index contributed by atoms with van der Waals surface area (Å²) in [5, 5.41) is 14.3. The number of aliphatic hydroxyl groups excluding tert-OH is 1. The smallest absolute Gasteiger partial charge is 0.142 e. The second-order valence-electron chi connectivity index (χ2n) is 4.56. The Labute approximate surface area is 99.3 Å². The van der Waals surface area contributed by atoms with Crippen LogP contribution in [0.4, 0.5) is 5.82 Å². The second-order valence-corrected chi connectivity index (χ2v) is 4.56. The first-order valence-electron chi connectivity index (χ1n) is 6.07. The number of aliphatic hydroxyl groups is 1. The van der Waals surface area contributed by atoms with Crippen molar-refractivity contribution in [3.8, 4) is 0 Å². The lowest BCUT2D eigenvalue weighted by molar-refractivity contribution is 0.116. The van der Waals surface area contributed by atoms with E-state index in [1.165, 1.54) is 6.33 Å². The third-order valence-electron chi connectivity index (χ3n) is 3.41. The molecule has 0 saturated heterocycles. The van der Waals surface area contributed by atoms with Crippen molar-refractivity contribution in [1.29, 1.82) is 0 Å². The fraction of sp³-hybridized carbons (Fsp3) is 0.500. The van der Waals surface area contributed by atoms with Crippen LogP contribution in [0, 0.1) is 0 Å². The van der Waals surface area contributed by atoms with Crippen LogP contribution in [0.15, 0.2) is 18.6 Å². The van der Waals surface area contributed by atoms with Crippen LogP contribution in [0.2, 0.25) is 0 Å². The predicted molar refractivity (Wildman–Crippen MR) is 65.8 cm³/mol. The minimum absolute atomic E-state index is 0.108. The summed E-state index contributed by atoms with van der Waals surface area (Å²) in [4.78, 5) is 11.5. The van der Waals surface area contributed by atoms with Gasteiger partial charge in [-0.15, -0.1) is 0 Å². The molecule has 90 valence electrons. The Morgan fingerprint density at radius 2 is 2.18 bits per heavy atom. The van der Waals surface area contributed by atoms with E-state index in [0.29, 0.717) is 0 Å². The average Bonchev–Trinajstić information content (AvgIpc) is 2.81. The van der Waals surface area contributed by atoms with Crippen LogP contribution >= 0.6 is 0 Å². The molecule has 3 rings (SSSR count). The summed E-state index contributed by atoms with van der Waals surface area (Å²) in [6, 6.07) is 2.06. The van der Waals surface area contributed by atoms with Gasteiger partial charge in [-0.25, -0.2) is 9.97 Å². The molecule has 2 aromatic heterocycles. The van der Waals surface area contributed by atoms with E-state index >= 15 is 0 Å². The lowest BCUT2D eigenvalue weighted by Crippen LogP contribution is -2.36. The zero-order chi connectivity index (χ0) is 11.7. The zero-order valence-corrected chi connectivity index (χ0v) is 9.56. The van der Waals surface area contributed by atoms with Gasteiger partial charge in [0.25, 0.3) is 0 Å². The van der Waals surface area contributed by atoms with Crippen molar-refractivity contribution < 1.29 is 5.11 Å². The highest BCUT2D eigenvalue weighted by Gasteiger charge is 2.23. The molecule has 2 aromatic rings. The monoisotopic (exact) mass is 232 g/mol. The van der Waals surface area contributed by atoms with Crippen molar-refractivity contribution in [3.63, 3.8) is 0 Å². The SMILES string of the molecule is O[C@@H]1CCCC[C@@H]1Nc1ncnc2[nH]ccc12. The third-order valence-corrected chi connectivity index (χ3v) is 3.41. The molecule has 0 unspecified atom stereocenters. The van der Waals surface area contributed by atoms with Crippen molar-refractivity contribution in [2.75, 3.05) is 5.32 Å². The van der Waals surface area contributed by atoms with Gasteiger partial charge in [-0.3, -0.25) is 0 Å². The Hall–Kier alpha value is -1.62. The second kappa shape index (κ2) is 4.33. The van der Waals surface area contributed by atoms with E-state index in [4.69, 9.17) is 0 Å². The van der Waals surface area contributed by atoms with E-state index in [0.717, 1.165) is 42.5 Å². The molecule has 17 heavy (non-hydrogen) atoms. The number of rotatable bonds is 2. The van der Waals surface area contributed by atoms with Crippen LogP contribution in [0.1, 0.15) is 25.7 Å². The van der Waals surface area contributed by atoms with Gasteiger partial charge in [-0.2, -0.15) is 0 Å². The molecule has 0 aliphatic heterocycles. The topological polar surface area (TPSA) is 73.8 Å². The van der Waals surface area contributed by atoms with Gasteiger partial charge >= 0.3 is 0 Å². The van der Waals surface area contributed by atoms with Crippen molar-refractivity contribution in [3.05, 3.63) is 18.6 Å². The molecule has 5 heteroatoms. The Morgan fingerprint density at radius 3 is 3.06 bits per heavy atom. The number of aromatic nitrogens is 3. The highest BCUT2D eigenvalue weighted by atomic mass is 16.3. The van der Waals surface area contributed by atoms with Gasteiger partial charge < -0.3 is 15.4 Å². The maximum atomic E-state index is 9.94. The standard InChI is InChI=1S/C12H16N4O/c17-10-4-2-1-3-9(10)16-12-8-5-6-13-11(8)14-7-15-12/h5-7,9-10,17H,1-4H2,(H2,13,14,15,16)/t9-,10+/m0/s1. The van der Waals surface area contributed by atoms with E-state index in [9.17, 15) is 5.11 Å². The Morgan fingerprint density at radius 1 is 1.29 bits per heavy atom. The van der Waals surface area contributed by atoms with Crippen molar-refractivity contribution in [2.24, 2.45) is 0 Å². The number of fused-ring (bicyclic) bond motifs is 1. The largest absolute Gasteiger partial charge is 0.391 e. The summed E-state index contributed by atoms with van der Waals surface area (Å²) >= 11 is 0. The number of aromatic amines is 1. The Kier molecular flexibility index (Phi) is 2.68. The molecule has 0 spiro atoms. The van der Waals surface area contributed by atoms with E-state index in [-0.39, 0.29) is 12.1 Å². The summed E-state index contributed by atoms with van der Waals surface area (Å²) in [7, 11) is 0. The molecular weight excluding hydrogens is 216 g/mol. The molecule has 0 amide bonds. The number of hydrogen-bond acceptors (Lipinski definition) is 4. The predicted octanol–water partition coefficient (Wildman–Crippen LogP) is 1.67. The molecule has 3 N–H and O–H groups in total. The molecule has 1 aliphatic carbocycles. The summed E-state index contributed by atoms with van der Waals surface area (Å²) in [6.07, 6.45) is 7.26.